The van der Waals surface area contributed by atoms with Crippen LogP contribution in [0.4, 0.5) is 0 Å². The number of hydrogen-bond acceptors (Lipinski definition) is 4. The van der Waals surface area contributed by atoms with Gasteiger partial charge in [-0.1, -0.05) is 18.2 Å². The van der Waals surface area contributed by atoms with Gasteiger partial charge in [-0.05, 0) is 44.2 Å². The minimum absolute atomic E-state index is 0.0278. The highest BCUT2D eigenvalue weighted by molar-refractivity contribution is 5.94. The molecule has 0 saturated carbocycles. The van der Waals surface area contributed by atoms with E-state index in [1.807, 2.05) is 23.1 Å². The minimum Gasteiger partial charge on any atom is -0.353 e. The van der Waals surface area contributed by atoms with Crippen LogP contribution in [0.25, 0.3) is 0 Å². The number of carbonyl (C=O) groups is 3. The zero-order chi connectivity index (χ0) is 20.2. The second kappa shape index (κ2) is 8.95. The fourth-order valence-corrected chi connectivity index (χ4v) is 4.80. The van der Waals surface area contributed by atoms with Crippen molar-refractivity contribution >= 4 is 17.7 Å². The fraction of sp³-hybridized carbons (Fsp3) is 0.591. The van der Waals surface area contributed by atoms with Gasteiger partial charge in [-0.25, -0.2) is 0 Å². The standard InChI is InChI=1S/C22H30N4O3/c27-20(25-11-5-2-6-12-25)10-9-18-14-23-22(29)19-13-17(15-26(18)19)24-21(28)16-7-3-1-4-8-16/h1,3-4,7-8,17-19H,2,5-6,9-15H2,(H,23,29)(H,24,28). The average molecular weight is 399 g/mol. The summed E-state index contributed by atoms with van der Waals surface area (Å²) in [6.45, 7) is 2.97. The molecule has 0 aromatic heterocycles. The lowest BCUT2D eigenvalue weighted by Crippen LogP contribution is -2.58. The summed E-state index contributed by atoms with van der Waals surface area (Å²) in [6.07, 6.45) is 5.28. The molecular weight excluding hydrogens is 368 g/mol. The maximum atomic E-state index is 12.5. The van der Waals surface area contributed by atoms with Crippen LogP contribution in [0.5, 0.6) is 0 Å². The van der Waals surface area contributed by atoms with Crippen LogP contribution in [0.2, 0.25) is 0 Å². The molecule has 3 aliphatic rings. The molecule has 2 N–H and O–H groups in total. The van der Waals surface area contributed by atoms with Crippen LogP contribution in [0, 0.1) is 0 Å². The molecule has 3 fully saturated rings. The zero-order valence-corrected chi connectivity index (χ0v) is 16.8. The Morgan fingerprint density at radius 1 is 1.10 bits per heavy atom. The fourth-order valence-electron chi connectivity index (χ4n) is 4.80. The number of nitrogens with one attached hydrogen (secondary N) is 2. The Bertz CT molecular complexity index is 748. The Morgan fingerprint density at radius 3 is 2.62 bits per heavy atom. The molecule has 1 aromatic rings. The van der Waals surface area contributed by atoms with E-state index in [1.54, 1.807) is 12.1 Å². The van der Waals surface area contributed by atoms with Gasteiger partial charge in [-0.15, -0.1) is 0 Å². The lowest BCUT2D eigenvalue weighted by atomic mass is 10.0. The molecule has 3 heterocycles. The van der Waals surface area contributed by atoms with E-state index in [2.05, 4.69) is 15.5 Å². The molecule has 3 saturated heterocycles. The van der Waals surface area contributed by atoms with Crippen molar-refractivity contribution in [1.82, 2.24) is 20.4 Å². The Labute approximate surface area is 171 Å². The maximum Gasteiger partial charge on any atom is 0.251 e. The maximum absolute atomic E-state index is 12.5. The van der Waals surface area contributed by atoms with Gasteiger partial charge in [0.05, 0.1) is 6.04 Å². The van der Waals surface area contributed by atoms with Crippen molar-refractivity contribution < 1.29 is 14.4 Å². The summed E-state index contributed by atoms with van der Waals surface area (Å²) in [5.74, 6) is 0.152. The summed E-state index contributed by atoms with van der Waals surface area (Å²) in [6, 6.07) is 9.01. The van der Waals surface area contributed by atoms with Gasteiger partial charge in [0, 0.05) is 50.2 Å². The van der Waals surface area contributed by atoms with Crippen molar-refractivity contribution in [2.45, 2.75) is 56.7 Å². The predicted molar refractivity (Wildman–Crippen MR) is 109 cm³/mol. The van der Waals surface area contributed by atoms with E-state index >= 15 is 0 Å². The molecule has 7 heteroatoms. The Kier molecular flexibility index (Phi) is 6.13. The quantitative estimate of drug-likeness (QED) is 0.780. The minimum atomic E-state index is -0.222. The molecule has 0 bridgehead atoms. The van der Waals surface area contributed by atoms with E-state index in [0.29, 0.717) is 31.5 Å². The third-order valence-electron chi connectivity index (χ3n) is 6.39. The smallest absolute Gasteiger partial charge is 0.251 e. The van der Waals surface area contributed by atoms with E-state index in [1.165, 1.54) is 6.42 Å². The second-order valence-corrected chi connectivity index (χ2v) is 8.36. The number of benzene rings is 1. The van der Waals surface area contributed by atoms with E-state index < -0.39 is 0 Å². The van der Waals surface area contributed by atoms with Crippen molar-refractivity contribution in [2.24, 2.45) is 0 Å². The van der Waals surface area contributed by atoms with Gasteiger partial charge in [0.1, 0.15) is 0 Å². The first-order valence-electron chi connectivity index (χ1n) is 10.8. The van der Waals surface area contributed by atoms with Crippen molar-refractivity contribution in [1.29, 1.82) is 0 Å². The summed E-state index contributed by atoms with van der Waals surface area (Å²) >= 11 is 0. The van der Waals surface area contributed by atoms with Crippen LogP contribution in [-0.2, 0) is 9.59 Å². The number of likely N-dealkylation sites (tertiary alicyclic amines) is 1. The van der Waals surface area contributed by atoms with Crippen molar-refractivity contribution in [3.05, 3.63) is 35.9 Å². The van der Waals surface area contributed by atoms with Crippen LogP contribution < -0.4 is 10.6 Å². The number of piperazine rings is 1. The van der Waals surface area contributed by atoms with E-state index in [4.69, 9.17) is 0 Å². The Hall–Kier alpha value is -2.41. The topological polar surface area (TPSA) is 81.8 Å². The summed E-state index contributed by atoms with van der Waals surface area (Å²) in [7, 11) is 0. The lowest BCUT2D eigenvalue weighted by Gasteiger charge is -2.37. The molecule has 3 amide bonds. The molecule has 3 unspecified atom stereocenters. The molecule has 3 aliphatic heterocycles. The average Bonchev–Trinajstić information content (AvgIpc) is 3.19. The SMILES string of the molecule is O=C(NC1CC2C(=O)NCC(CCC(=O)N3CCCCC3)N2C1)c1ccccc1. The third-order valence-corrected chi connectivity index (χ3v) is 6.39. The van der Waals surface area contributed by atoms with Gasteiger partial charge in [0.2, 0.25) is 11.8 Å². The molecular formula is C22H30N4O3. The molecule has 4 rings (SSSR count). The molecule has 29 heavy (non-hydrogen) atoms. The Morgan fingerprint density at radius 2 is 1.86 bits per heavy atom. The predicted octanol–water partition coefficient (Wildman–Crippen LogP) is 1.15. The van der Waals surface area contributed by atoms with E-state index in [0.717, 1.165) is 32.4 Å². The zero-order valence-electron chi connectivity index (χ0n) is 16.8. The highest BCUT2D eigenvalue weighted by atomic mass is 16.2. The number of rotatable bonds is 5. The van der Waals surface area contributed by atoms with Gasteiger partial charge in [0.15, 0.2) is 0 Å². The van der Waals surface area contributed by atoms with Crippen LogP contribution in [0.3, 0.4) is 0 Å². The van der Waals surface area contributed by atoms with Crippen LogP contribution in [-0.4, -0.2) is 71.8 Å². The number of amides is 3. The summed E-state index contributed by atoms with van der Waals surface area (Å²) in [4.78, 5) is 41.5. The van der Waals surface area contributed by atoms with Crippen molar-refractivity contribution in [3.8, 4) is 0 Å². The lowest BCUT2D eigenvalue weighted by molar-refractivity contribution is -0.133. The first kappa shape index (κ1) is 19.9. The molecule has 1 aromatic carbocycles. The summed E-state index contributed by atoms with van der Waals surface area (Å²) < 4.78 is 0. The molecule has 0 spiro atoms. The normalized spacial score (nSPS) is 27.2. The van der Waals surface area contributed by atoms with Crippen LogP contribution in [0.15, 0.2) is 30.3 Å². The van der Waals surface area contributed by atoms with Gasteiger partial charge in [0.25, 0.3) is 5.91 Å². The van der Waals surface area contributed by atoms with Gasteiger partial charge in [-0.2, -0.15) is 0 Å². The number of hydrogen-bond donors (Lipinski definition) is 2. The first-order chi connectivity index (χ1) is 14.1. The molecule has 156 valence electrons. The monoisotopic (exact) mass is 398 g/mol. The molecule has 0 radical (unpaired) electrons. The highest BCUT2D eigenvalue weighted by Gasteiger charge is 2.43. The summed E-state index contributed by atoms with van der Waals surface area (Å²) in [5, 5.41) is 6.07. The summed E-state index contributed by atoms with van der Waals surface area (Å²) in [5.41, 5.74) is 0.630. The molecule has 3 atom stereocenters. The largest absolute Gasteiger partial charge is 0.353 e. The number of fused-ring (bicyclic) bond motifs is 1. The number of piperidine rings is 1. The highest BCUT2D eigenvalue weighted by Crippen LogP contribution is 2.26. The number of carbonyl (C=O) groups excluding carboxylic acids is 3. The second-order valence-electron chi connectivity index (χ2n) is 8.36. The van der Waals surface area contributed by atoms with Gasteiger partial charge >= 0.3 is 0 Å². The van der Waals surface area contributed by atoms with Crippen LogP contribution >= 0.6 is 0 Å². The van der Waals surface area contributed by atoms with Gasteiger partial charge < -0.3 is 15.5 Å². The Balaban J connectivity index is 1.33. The van der Waals surface area contributed by atoms with E-state index in [-0.39, 0.29) is 35.8 Å². The molecule has 0 aliphatic carbocycles. The van der Waals surface area contributed by atoms with E-state index in [9.17, 15) is 14.4 Å². The molecule has 7 nitrogen and oxygen atoms in total. The van der Waals surface area contributed by atoms with Gasteiger partial charge in [-0.3, -0.25) is 19.3 Å². The first-order valence-corrected chi connectivity index (χ1v) is 10.8. The van der Waals surface area contributed by atoms with Crippen LogP contribution in [0.1, 0.15) is 48.9 Å². The van der Waals surface area contributed by atoms with Crippen molar-refractivity contribution in [2.75, 3.05) is 26.2 Å². The number of nitrogens with zero attached hydrogens (tertiary/aromatic N) is 2. The van der Waals surface area contributed by atoms with Crippen molar-refractivity contribution in [3.63, 3.8) is 0 Å². The third kappa shape index (κ3) is 4.61.